The van der Waals surface area contributed by atoms with E-state index in [0.717, 1.165) is 5.56 Å². The van der Waals surface area contributed by atoms with Crippen molar-refractivity contribution >= 4 is 23.7 Å². The van der Waals surface area contributed by atoms with Gasteiger partial charge in [0, 0.05) is 12.0 Å². The Hall–Kier alpha value is -3.03. The van der Waals surface area contributed by atoms with Crippen molar-refractivity contribution in [1.82, 2.24) is 4.90 Å². The van der Waals surface area contributed by atoms with Crippen LogP contribution < -0.4 is 14.2 Å². The fourth-order valence-electron chi connectivity index (χ4n) is 3.44. The summed E-state index contributed by atoms with van der Waals surface area (Å²) >= 11 is 0. The first kappa shape index (κ1) is 25.2. The monoisotopic (exact) mass is 447 g/mol. The van der Waals surface area contributed by atoms with Gasteiger partial charge < -0.3 is 23.8 Å². The second-order valence-electron chi connectivity index (χ2n) is 8.21. The zero-order valence-corrected chi connectivity index (χ0v) is 19.7. The molecule has 1 aliphatic rings. The molecule has 1 fully saturated rings. The second-order valence-corrected chi connectivity index (χ2v) is 8.21. The van der Waals surface area contributed by atoms with Crippen LogP contribution in [0.2, 0.25) is 0 Å². The highest BCUT2D eigenvalue weighted by molar-refractivity contribution is 6.38. The molecule has 1 atom stereocenters. The van der Waals surface area contributed by atoms with Crippen LogP contribution in [0.25, 0.3) is 6.08 Å². The standard InChI is InChI=1S/C24H33NO7/c1-7-24(2,3)21(26)22(27)25-12-8-11-17(25)23(28)32-13-9-10-16-14-18(29-4)20(31-6)19(15-16)30-5/h9-10,14-15,17H,7-8,11-13H2,1-6H3/t17-/m0/s1. The normalized spacial score (nSPS) is 16.2. The molecule has 0 aromatic heterocycles. The minimum Gasteiger partial charge on any atom is -0.493 e. The Morgan fingerprint density at radius 2 is 1.72 bits per heavy atom. The average Bonchev–Trinajstić information content (AvgIpc) is 3.29. The molecule has 0 aliphatic carbocycles. The van der Waals surface area contributed by atoms with Crippen LogP contribution in [0.15, 0.2) is 18.2 Å². The van der Waals surface area contributed by atoms with E-state index in [2.05, 4.69) is 0 Å². The highest BCUT2D eigenvalue weighted by Crippen LogP contribution is 2.38. The number of rotatable bonds is 10. The number of amides is 1. The van der Waals surface area contributed by atoms with Gasteiger partial charge in [0.05, 0.1) is 21.3 Å². The SMILES string of the molecule is CCC(C)(C)C(=O)C(=O)N1CCC[C@H]1C(=O)OCC=Cc1cc(OC)c(OC)c(OC)c1. The lowest BCUT2D eigenvalue weighted by molar-refractivity contribution is -0.156. The number of Topliss-reactive ketones (excluding diaryl/α,β-unsaturated/α-hetero) is 1. The molecule has 1 aromatic rings. The summed E-state index contributed by atoms with van der Waals surface area (Å²) in [4.78, 5) is 39.1. The van der Waals surface area contributed by atoms with E-state index >= 15 is 0 Å². The van der Waals surface area contributed by atoms with Crippen molar-refractivity contribution < 1.29 is 33.3 Å². The van der Waals surface area contributed by atoms with Crippen molar-refractivity contribution in [3.05, 3.63) is 23.8 Å². The third-order valence-electron chi connectivity index (χ3n) is 5.80. The molecule has 1 saturated heterocycles. The van der Waals surface area contributed by atoms with Crippen LogP contribution in [-0.4, -0.2) is 63.1 Å². The molecule has 0 saturated carbocycles. The Balaban J connectivity index is 2.01. The van der Waals surface area contributed by atoms with E-state index in [1.54, 1.807) is 38.1 Å². The molecular weight excluding hydrogens is 414 g/mol. The number of methoxy groups -OCH3 is 3. The van der Waals surface area contributed by atoms with Gasteiger partial charge in [-0.3, -0.25) is 9.59 Å². The number of carbonyl (C=O) groups is 3. The molecule has 32 heavy (non-hydrogen) atoms. The van der Waals surface area contributed by atoms with Gasteiger partial charge in [0.25, 0.3) is 5.91 Å². The maximum Gasteiger partial charge on any atom is 0.329 e. The number of benzene rings is 1. The number of ketones is 1. The predicted octanol–water partition coefficient (Wildman–Crippen LogP) is 3.27. The highest BCUT2D eigenvalue weighted by atomic mass is 16.5. The van der Waals surface area contributed by atoms with Crippen LogP contribution >= 0.6 is 0 Å². The summed E-state index contributed by atoms with van der Waals surface area (Å²) in [6.07, 6.45) is 5.15. The number of hydrogen-bond donors (Lipinski definition) is 0. The molecule has 8 nitrogen and oxygen atoms in total. The lowest BCUT2D eigenvalue weighted by atomic mass is 9.84. The number of nitrogens with zero attached hydrogens (tertiary/aromatic N) is 1. The molecule has 1 amide bonds. The number of hydrogen-bond acceptors (Lipinski definition) is 7. The number of carbonyl (C=O) groups excluding carboxylic acids is 3. The smallest absolute Gasteiger partial charge is 0.329 e. The Morgan fingerprint density at radius 1 is 1.09 bits per heavy atom. The minimum atomic E-state index is -0.753. The average molecular weight is 448 g/mol. The molecule has 2 rings (SSSR count). The number of ether oxygens (including phenoxy) is 4. The third-order valence-corrected chi connectivity index (χ3v) is 5.80. The molecule has 0 bridgehead atoms. The molecule has 0 radical (unpaired) electrons. The molecule has 176 valence electrons. The summed E-state index contributed by atoms with van der Waals surface area (Å²) in [5, 5.41) is 0. The lowest BCUT2D eigenvalue weighted by Crippen LogP contribution is -2.47. The molecular formula is C24H33NO7. The van der Waals surface area contributed by atoms with Crippen molar-refractivity contribution in [3.8, 4) is 17.2 Å². The lowest BCUT2D eigenvalue weighted by Gasteiger charge is -2.27. The van der Waals surface area contributed by atoms with Crippen LogP contribution in [0.5, 0.6) is 17.2 Å². The van der Waals surface area contributed by atoms with Crippen molar-refractivity contribution in [2.24, 2.45) is 5.41 Å². The number of esters is 1. The summed E-state index contributed by atoms with van der Waals surface area (Å²) in [6.45, 7) is 5.75. The molecule has 0 unspecified atom stereocenters. The molecule has 1 aliphatic heterocycles. The van der Waals surface area contributed by atoms with Crippen LogP contribution in [0.1, 0.15) is 45.6 Å². The maximum atomic E-state index is 12.7. The van der Waals surface area contributed by atoms with Crippen LogP contribution in [0.4, 0.5) is 0 Å². The summed E-state index contributed by atoms with van der Waals surface area (Å²) in [5.74, 6) is -0.0596. The molecule has 8 heteroatoms. The van der Waals surface area contributed by atoms with Gasteiger partial charge in [-0.25, -0.2) is 4.79 Å². The van der Waals surface area contributed by atoms with Gasteiger partial charge in [0.1, 0.15) is 12.6 Å². The van der Waals surface area contributed by atoms with Crippen molar-refractivity contribution in [3.63, 3.8) is 0 Å². The second kappa shape index (κ2) is 11.0. The topological polar surface area (TPSA) is 91.4 Å². The summed E-state index contributed by atoms with van der Waals surface area (Å²) in [7, 11) is 4.60. The first-order chi connectivity index (χ1) is 15.2. The zero-order valence-electron chi connectivity index (χ0n) is 19.7. The van der Waals surface area contributed by atoms with Gasteiger partial charge >= 0.3 is 5.97 Å². The van der Waals surface area contributed by atoms with Gasteiger partial charge in [0.15, 0.2) is 11.5 Å². The van der Waals surface area contributed by atoms with Gasteiger partial charge in [-0.2, -0.15) is 0 Å². The quantitative estimate of drug-likeness (QED) is 0.402. The Bertz CT molecular complexity index is 850. The van der Waals surface area contributed by atoms with Crippen LogP contribution in [0, 0.1) is 5.41 Å². The van der Waals surface area contributed by atoms with Gasteiger partial charge in [-0.05, 0) is 43.0 Å². The van der Waals surface area contributed by atoms with Crippen molar-refractivity contribution in [2.75, 3.05) is 34.5 Å². The van der Waals surface area contributed by atoms with Crippen molar-refractivity contribution in [2.45, 2.75) is 46.1 Å². The van der Waals surface area contributed by atoms with E-state index in [1.165, 1.54) is 26.2 Å². The Morgan fingerprint density at radius 3 is 2.25 bits per heavy atom. The maximum absolute atomic E-state index is 12.7. The Labute approximate surface area is 189 Å². The summed E-state index contributed by atoms with van der Waals surface area (Å²) in [5.41, 5.74) is 0.0257. The van der Waals surface area contributed by atoms with Crippen molar-refractivity contribution in [1.29, 1.82) is 0 Å². The predicted molar refractivity (Wildman–Crippen MR) is 120 cm³/mol. The van der Waals surface area contributed by atoms with E-state index in [4.69, 9.17) is 18.9 Å². The van der Waals surface area contributed by atoms with Gasteiger partial charge in [0.2, 0.25) is 11.5 Å². The summed E-state index contributed by atoms with van der Waals surface area (Å²) in [6, 6.07) is 2.82. The highest BCUT2D eigenvalue weighted by Gasteiger charge is 2.41. The third kappa shape index (κ3) is 5.60. The fourth-order valence-corrected chi connectivity index (χ4v) is 3.44. The van der Waals surface area contributed by atoms with E-state index in [1.807, 2.05) is 6.92 Å². The van der Waals surface area contributed by atoms with E-state index in [-0.39, 0.29) is 6.61 Å². The first-order valence-corrected chi connectivity index (χ1v) is 10.7. The molecule has 1 heterocycles. The van der Waals surface area contributed by atoms with Gasteiger partial charge in [-0.1, -0.05) is 26.8 Å². The molecule has 1 aromatic carbocycles. The largest absolute Gasteiger partial charge is 0.493 e. The molecule has 0 spiro atoms. The minimum absolute atomic E-state index is 0.0302. The van der Waals surface area contributed by atoms with Crippen LogP contribution in [0.3, 0.4) is 0 Å². The van der Waals surface area contributed by atoms with Gasteiger partial charge in [-0.15, -0.1) is 0 Å². The van der Waals surface area contributed by atoms with E-state index in [0.29, 0.717) is 43.1 Å². The van der Waals surface area contributed by atoms with E-state index < -0.39 is 29.1 Å². The fraction of sp³-hybridized carbons (Fsp3) is 0.542. The number of likely N-dealkylation sites (tertiary alicyclic amines) is 1. The first-order valence-electron chi connectivity index (χ1n) is 10.7. The molecule has 0 N–H and O–H groups in total. The zero-order chi connectivity index (χ0) is 23.9. The Kier molecular flexibility index (Phi) is 8.69. The van der Waals surface area contributed by atoms with E-state index in [9.17, 15) is 14.4 Å². The summed E-state index contributed by atoms with van der Waals surface area (Å²) < 4.78 is 21.3. The van der Waals surface area contributed by atoms with Crippen LogP contribution in [-0.2, 0) is 19.1 Å².